The van der Waals surface area contributed by atoms with Gasteiger partial charge in [0.25, 0.3) is 0 Å². The van der Waals surface area contributed by atoms with E-state index in [0.717, 1.165) is 4.88 Å². The highest BCUT2D eigenvalue weighted by Gasteiger charge is 1.92. The van der Waals surface area contributed by atoms with E-state index in [1.807, 2.05) is 6.92 Å². The van der Waals surface area contributed by atoms with Crippen LogP contribution in [0.2, 0.25) is 0 Å². The molecule has 0 spiro atoms. The average molecular weight is 142 g/mol. The number of aromatic nitrogens is 1. The maximum atomic E-state index is 9.84. The van der Waals surface area contributed by atoms with Crippen molar-refractivity contribution in [1.82, 2.24) is 4.98 Å². The van der Waals surface area contributed by atoms with Crippen LogP contribution in [0.5, 0.6) is 0 Å². The first-order valence-electron chi connectivity index (χ1n) is 2.45. The molecule has 4 heteroatoms. The SMILES string of the molecule is Cc1cnc(NC=O)s1. The Bertz CT molecular complexity index is 208. The number of nitrogens with zero attached hydrogens (tertiary/aromatic N) is 1. The molecule has 0 saturated carbocycles. The fraction of sp³-hybridized carbons (Fsp3) is 0.200. The number of amides is 1. The molecule has 0 aromatic carbocycles. The number of hydrogen-bond acceptors (Lipinski definition) is 3. The van der Waals surface area contributed by atoms with E-state index in [4.69, 9.17) is 0 Å². The summed E-state index contributed by atoms with van der Waals surface area (Å²) in [6.45, 7) is 1.94. The summed E-state index contributed by atoms with van der Waals surface area (Å²) in [7, 11) is 0. The lowest BCUT2D eigenvalue weighted by molar-refractivity contribution is -0.105. The number of nitrogens with one attached hydrogen (secondary N) is 1. The molecular formula is C5H6N2OS. The molecule has 48 valence electrons. The number of rotatable bonds is 2. The molecule has 9 heavy (non-hydrogen) atoms. The predicted octanol–water partition coefficient (Wildman–Crippen LogP) is 1.02. The van der Waals surface area contributed by atoms with Gasteiger partial charge in [-0.1, -0.05) is 0 Å². The van der Waals surface area contributed by atoms with E-state index in [2.05, 4.69) is 10.3 Å². The quantitative estimate of drug-likeness (QED) is 0.626. The summed E-state index contributed by atoms with van der Waals surface area (Å²) in [5.41, 5.74) is 0. The van der Waals surface area contributed by atoms with Crippen LogP contribution in [0.4, 0.5) is 5.13 Å². The summed E-state index contributed by atoms with van der Waals surface area (Å²) in [5, 5.41) is 3.11. The summed E-state index contributed by atoms with van der Waals surface area (Å²) >= 11 is 1.46. The minimum absolute atomic E-state index is 0.623. The Kier molecular flexibility index (Phi) is 1.79. The molecule has 0 radical (unpaired) electrons. The second kappa shape index (κ2) is 2.59. The molecule has 0 saturated heterocycles. The van der Waals surface area contributed by atoms with E-state index in [1.165, 1.54) is 11.3 Å². The summed E-state index contributed by atoms with van der Waals surface area (Å²) in [6.07, 6.45) is 2.34. The number of aryl methyl sites for hydroxylation is 1. The fourth-order valence-electron chi connectivity index (χ4n) is 0.472. The van der Waals surface area contributed by atoms with Crippen LogP contribution in [0, 0.1) is 6.92 Å². The third kappa shape index (κ3) is 1.50. The van der Waals surface area contributed by atoms with Crippen LogP contribution in [-0.4, -0.2) is 11.4 Å². The van der Waals surface area contributed by atoms with E-state index >= 15 is 0 Å². The lowest BCUT2D eigenvalue weighted by Gasteiger charge is -1.83. The van der Waals surface area contributed by atoms with Crippen LogP contribution >= 0.6 is 11.3 Å². The molecule has 1 aromatic heterocycles. The summed E-state index contributed by atoms with van der Waals surface area (Å²) in [6, 6.07) is 0. The average Bonchev–Trinajstić information content (AvgIpc) is 2.17. The zero-order valence-electron chi connectivity index (χ0n) is 4.92. The summed E-state index contributed by atoms with van der Waals surface area (Å²) in [5.74, 6) is 0. The van der Waals surface area contributed by atoms with Crippen molar-refractivity contribution in [2.75, 3.05) is 5.32 Å². The highest BCUT2D eigenvalue weighted by atomic mass is 32.1. The van der Waals surface area contributed by atoms with Crippen LogP contribution in [0.15, 0.2) is 6.20 Å². The van der Waals surface area contributed by atoms with Crippen molar-refractivity contribution < 1.29 is 4.79 Å². The Morgan fingerprint density at radius 3 is 3.11 bits per heavy atom. The lowest BCUT2D eigenvalue weighted by atomic mass is 10.7. The highest BCUT2D eigenvalue weighted by molar-refractivity contribution is 7.15. The third-order valence-electron chi connectivity index (χ3n) is 0.804. The van der Waals surface area contributed by atoms with Gasteiger partial charge in [-0.25, -0.2) is 4.98 Å². The van der Waals surface area contributed by atoms with Gasteiger partial charge in [0.05, 0.1) is 0 Å². The van der Waals surface area contributed by atoms with Crippen LogP contribution in [0.3, 0.4) is 0 Å². The first-order chi connectivity index (χ1) is 4.33. The van der Waals surface area contributed by atoms with Gasteiger partial charge in [0.1, 0.15) is 0 Å². The first kappa shape index (κ1) is 6.22. The number of hydrogen-bond donors (Lipinski definition) is 1. The number of carbonyl (C=O) groups is 1. The van der Waals surface area contributed by atoms with Gasteiger partial charge >= 0.3 is 0 Å². The second-order valence-electron chi connectivity index (χ2n) is 1.54. The van der Waals surface area contributed by atoms with Crippen molar-refractivity contribution in [3.8, 4) is 0 Å². The van der Waals surface area contributed by atoms with Gasteiger partial charge in [-0.15, -0.1) is 11.3 Å². The van der Waals surface area contributed by atoms with Crippen LogP contribution in [0.25, 0.3) is 0 Å². The lowest BCUT2D eigenvalue weighted by Crippen LogP contribution is -1.90. The normalized spacial score (nSPS) is 9.00. The topological polar surface area (TPSA) is 42.0 Å². The molecular weight excluding hydrogens is 136 g/mol. The van der Waals surface area contributed by atoms with Crippen molar-refractivity contribution in [3.05, 3.63) is 11.1 Å². The van der Waals surface area contributed by atoms with Crippen molar-refractivity contribution in [3.63, 3.8) is 0 Å². The smallest absolute Gasteiger partial charge is 0.213 e. The van der Waals surface area contributed by atoms with Gasteiger partial charge in [0.2, 0.25) is 6.41 Å². The third-order valence-corrected chi connectivity index (χ3v) is 1.65. The number of thiazole rings is 1. The molecule has 0 aliphatic heterocycles. The zero-order chi connectivity index (χ0) is 6.69. The van der Waals surface area contributed by atoms with Crippen molar-refractivity contribution >= 4 is 22.9 Å². The van der Waals surface area contributed by atoms with Gasteiger partial charge in [0, 0.05) is 11.1 Å². The maximum absolute atomic E-state index is 9.84. The van der Waals surface area contributed by atoms with Gasteiger partial charge in [0.15, 0.2) is 5.13 Å². The minimum Gasteiger partial charge on any atom is -0.305 e. The van der Waals surface area contributed by atoms with Crippen LogP contribution in [-0.2, 0) is 4.79 Å². The van der Waals surface area contributed by atoms with E-state index in [9.17, 15) is 4.79 Å². The number of carbonyl (C=O) groups excluding carboxylic acids is 1. The number of anilines is 1. The Balaban J connectivity index is 2.72. The Morgan fingerprint density at radius 2 is 2.67 bits per heavy atom. The molecule has 3 nitrogen and oxygen atoms in total. The van der Waals surface area contributed by atoms with Crippen molar-refractivity contribution in [2.45, 2.75) is 6.92 Å². The summed E-state index contributed by atoms with van der Waals surface area (Å²) in [4.78, 5) is 14.8. The molecule has 0 bridgehead atoms. The monoisotopic (exact) mass is 142 g/mol. The molecule has 1 N–H and O–H groups in total. The molecule has 0 aliphatic carbocycles. The predicted molar refractivity (Wildman–Crippen MR) is 36.5 cm³/mol. The molecule has 0 fully saturated rings. The van der Waals surface area contributed by atoms with Crippen LogP contribution < -0.4 is 5.32 Å². The molecule has 1 aromatic rings. The standard InChI is InChI=1S/C5H6N2OS/c1-4-2-6-5(9-4)7-3-8/h2-3H,1H3,(H,6,7,8). The van der Waals surface area contributed by atoms with E-state index < -0.39 is 0 Å². The van der Waals surface area contributed by atoms with Gasteiger partial charge < -0.3 is 5.32 Å². The highest BCUT2D eigenvalue weighted by Crippen LogP contribution is 2.14. The molecule has 0 atom stereocenters. The van der Waals surface area contributed by atoms with Crippen molar-refractivity contribution in [2.24, 2.45) is 0 Å². The van der Waals surface area contributed by atoms with Crippen molar-refractivity contribution in [1.29, 1.82) is 0 Å². The fourth-order valence-corrected chi connectivity index (χ4v) is 1.09. The molecule has 1 heterocycles. The van der Waals surface area contributed by atoms with Gasteiger partial charge in [-0.2, -0.15) is 0 Å². The molecule has 1 rings (SSSR count). The minimum atomic E-state index is 0.623. The molecule has 0 aliphatic rings. The Hall–Kier alpha value is -0.900. The van der Waals surface area contributed by atoms with Gasteiger partial charge in [-0.3, -0.25) is 4.79 Å². The molecule has 1 amide bonds. The van der Waals surface area contributed by atoms with E-state index in [1.54, 1.807) is 6.20 Å². The Morgan fingerprint density at radius 1 is 1.89 bits per heavy atom. The zero-order valence-corrected chi connectivity index (χ0v) is 5.73. The summed E-state index contributed by atoms with van der Waals surface area (Å²) < 4.78 is 0. The Labute approximate surface area is 56.7 Å². The molecule has 0 unspecified atom stereocenters. The van der Waals surface area contributed by atoms with E-state index in [0.29, 0.717) is 11.5 Å². The largest absolute Gasteiger partial charge is 0.305 e. The van der Waals surface area contributed by atoms with E-state index in [-0.39, 0.29) is 0 Å². The second-order valence-corrected chi connectivity index (χ2v) is 2.77. The maximum Gasteiger partial charge on any atom is 0.213 e. The van der Waals surface area contributed by atoms with Gasteiger partial charge in [-0.05, 0) is 6.92 Å². The first-order valence-corrected chi connectivity index (χ1v) is 3.27. The van der Waals surface area contributed by atoms with Crippen LogP contribution in [0.1, 0.15) is 4.88 Å².